The summed E-state index contributed by atoms with van der Waals surface area (Å²) < 4.78 is 0. The van der Waals surface area contributed by atoms with Crippen LogP contribution in [0.2, 0.25) is 0 Å². The largest absolute Gasteiger partial charge is 0.308 e. The first kappa shape index (κ1) is 13.2. The lowest BCUT2D eigenvalue weighted by atomic mass is 10.1. The van der Waals surface area contributed by atoms with Crippen LogP contribution in [0.3, 0.4) is 0 Å². The minimum absolute atomic E-state index is 0.134. The van der Waals surface area contributed by atoms with Gasteiger partial charge in [-0.25, -0.2) is 0 Å². The van der Waals surface area contributed by atoms with Crippen LogP contribution in [-0.4, -0.2) is 22.6 Å². The average Bonchev–Trinajstić information content (AvgIpc) is 3.09. The first-order chi connectivity index (χ1) is 9.74. The van der Waals surface area contributed by atoms with Crippen molar-refractivity contribution in [3.8, 4) is 0 Å². The number of hydrogen-bond acceptors (Lipinski definition) is 5. The van der Waals surface area contributed by atoms with Gasteiger partial charge in [0, 0.05) is 5.56 Å². The SMILES string of the molecule is Cc1ccccc1C(=O)Nc1nnc(C2CCCN2)s1. The maximum atomic E-state index is 12.2. The molecular weight excluding hydrogens is 272 g/mol. The highest BCUT2D eigenvalue weighted by Gasteiger charge is 2.21. The quantitative estimate of drug-likeness (QED) is 0.910. The van der Waals surface area contributed by atoms with Gasteiger partial charge >= 0.3 is 0 Å². The van der Waals surface area contributed by atoms with Crippen LogP contribution in [0, 0.1) is 6.92 Å². The molecule has 1 atom stereocenters. The molecule has 5 nitrogen and oxygen atoms in total. The second-order valence-corrected chi connectivity index (χ2v) is 5.87. The van der Waals surface area contributed by atoms with Crippen LogP contribution in [0.4, 0.5) is 5.13 Å². The summed E-state index contributed by atoms with van der Waals surface area (Å²) in [6.45, 7) is 2.94. The third-order valence-corrected chi connectivity index (χ3v) is 4.36. The van der Waals surface area contributed by atoms with E-state index in [4.69, 9.17) is 0 Å². The summed E-state index contributed by atoms with van der Waals surface area (Å²) >= 11 is 1.44. The van der Waals surface area contributed by atoms with Crippen molar-refractivity contribution in [2.24, 2.45) is 0 Å². The zero-order valence-corrected chi connectivity index (χ0v) is 12.0. The molecule has 0 bridgehead atoms. The first-order valence-electron chi connectivity index (χ1n) is 6.68. The molecule has 1 aromatic heterocycles. The van der Waals surface area contributed by atoms with Gasteiger partial charge in [0.25, 0.3) is 5.91 Å². The van der Waals surface area contributed by atoms with Gasteiger partial charge in [-0.2, -0.15) is 0 Å². The summed E-state index contributed by atoms with van der Waals surface area (Å²) in [7, 11) is 0. The smallest absolute Gasteiger partial charge is 0.257 e. The van der Waals surface area contributed by atoms with Gasteiger partial charge in [0.15, 0.2) is 0 Å². The third kappa shape index (κ3) is 2.71. The Morgan fingerprint density at radius 2 is 2.25 bits per heavy atom. The Kier molecular flexibility index (Phi) is 3.75. The molecule has 0 spiro atoms. The van der Waals surface area contributed by atoms with Gasteiger partial charge in [-0.05, 0) is 37.9 Å². The Bertz CT molecular complexity index is 619. The highest BCUT2D eigenvalue weighted by molar-refractivity contribution is 7.15. The van der Waals surface area contributed by atoms with E-state index in [0.717, 1.165) is 30.0 Å². The molecule has 1 saturated heterocycles. The standard InChI is InChI=1S/C14H16N4OS/c1-9-5-2-3-6-10(9)12(19)16-14-18-17-13(20-14)11-7-4-8-15-11/h2-3,5-6,11,15H,4,7-8H2,1H3,(H,16,18,19). The highest BCUT2D eigenvalue weighted by atomic mass is 32.1. The lowest BCUT2D eigenvalue weighted by molar-refractivity contribution is 0.102. The van der Waals surface area contributed by atoms with Gasteiger partial charge in [0.05, 0.1) is 6.04 Å². The van der Waals surface area contributed by atoms with E-state index in [1.165, 1.54) is 11.3 Å². The fraction of sp³-hybridized carbons (Fsp3) is 0.357. The molecule has 0 aliphatic carbocycles. The van der Waals surface area contributed by atoms with E-state index < -0.39 is 0 Å². The number of carbonyl (C=O) groups is 1. The van der Waals surface area contributed by atoms with Crippen LogP contribution in [0.25, 0.3) is 0 Å². The Hall–Kier alpha value is -1.79. The second-order valence-electron chi connectivity index (χ2n) is 4.86. The summed E-state index contributed by atoms with van der Waals surface area (Å²) in [6, 6.07) is 7.79. The van der Waals surface area contributed by atoms with Crippen molar-refractivity contribution in [2.45, 2.75) is 25.8 Å². The maximum absolute atomic E-state index is 12.2. The molecule has 3 rings (SSSR count). The number of aromatic nitrogens is 2. The van der Waals surface area contributed by atoms with Crippen molar-refractivity contribution < 1.29 is 4.79 Å². The minimum Gasteiger partial charge on any atom is -0.308 e. The number of anilines is 1. The number of hydrogen-bond donors (Lipinski definition) is 2. The average molecular weight is 288 g/mol. The number of carbonyl (C=O) groups excluding carboxylic acids is 1. The van der Waals surface area contributed by atoms with Crippen molar-refractivity contribution in [3.05, 3.63) is 40.4 Å². The molecule has 1 aliphatic rings. The molecule has 6 heteroatoms. The predicted octanol–water partition coefficient (Wildman–Crippen LogP) is 2.52. The fourth-order valence-corrected chi connectivity index (χ4v) is 3.16. The predicted molar refractivity (Wildman–Crippen MR) is 79.0 cm³/mol. The number of nitrogens with one attached hydrogen (secondary N) is 2. The second kappa shape index (κ2) is 5.68. The van der Waals surface area contributed by atoms with E-state index in [1.54, 1.807) is 0 Å². The number of rotatable bonds is 3. The van der Waals surface area contributed by atoms with Crippen LogP contribution < -0.4 is 10.6 Å². The van der Waals surface area contributed by atoms with Crippen LogP contribution in [0.1, 0.15) is 39.8 Å². The van der Waals surface area contributed by atoms with Gasteiger partial charge in [-0.15, -0.1) is 10.2 Å². The first-order valence-corrected chi connectivity index (χ1v) is 7.49. The summed E-state index contributed by atoms with van der Waals surface area (Å²) in [6.07, 6.45) is 2.25. The minimum atomic E-state index is -0.134. The molecule has 2 heterocycles. The molecule has 1 fully saturated rings. The van der Waals surface area contributed by atoms with E-state index >= 15 is 0 Å². The van der Waals surface area contributed by atoms with Crippen molar-refractivity contribution in [1.82, 2.24) is 15.5 Å². The van der Waals surface area contributed by atoms with Crippen molar-refractivity contribution >= 4 is 22.4 Å². The summed E-state index contributed by atoms with van der Waals surface area (Å²) in [5, 5.41) is 15.9. The number of aryl methyl sites for hydroxylation is 1. The Morgan fingerprint density at radius 3 is 3.00 bits per heavy atom. The lowest BCUT2D eigenvalue weighted by Crippen LogP contribution is -2.13. The summed E-state index contributed by atoms with van der Waals surface area (Å²) in [5.41, 5.74) is 1.62. The van der Waals surface area contributed by atoms with E-state index in [2.05, 4.69) is 20.8 Å². The number of benzene rings is 1. The molecule has 1 amide bonds. The Balaban J connectivity index is 1.72. The normalized spacial score (nSPS) is 18.1. The van der Waals surface area contributed by atoms with Crippen molar-refractivity contribution in [2.75, 3.05) is 11.9 Å². The lowest BCUT2D eigenvalue weighted by Gasteiger charge is -2.04. The summed E-state index contributed by atoms with van der Waals surface area (Å²) in [4.78, 5) is 12.2. The monoisotopic (exact) mass is 288 g/mol. The van der Waals surface area contributed by atoms with E-state index in [9.17, 15) is 4.79 Å². The van der Waals surface area contributed by atoms with Gasteiger partial charge in [-0.3, -0.25) is 10.1 Å². The van der Waals surface area contributed by atoms with E-state index in [-0.39, 0.29) is 11.9 Å². The fourth-order valence-electron chi connectivity index (χ4n) is 2.31. The summed E-state index contributed by atoms with van der Waals surface area (Å²) in [5.74, 6) is -0.134. The molecule has 1 aliphatic heterocycles. The molecule has 20 heavy (non-hydrogen) atoms. The molecule has 1 unspecified atom stereocenters. The van der Waals surface area contributed by atoms with Crippen molar-refractivity contribution in [1.29, 1.82) is 0 Å². The van der Waals surface area contributed by atoms with Crippen molar-refractivity contribution in [3.63, 3.8) is 0 Å². The number of nitrogens with zero attached hydrogens (tertiary/aromatic N) is 2. The molecule has 0 radical (unpaired) electrons. The third-order valence-electron chi connectivity index (χ3n) is 3.41. The zero-order valence-electron chi connectivity index (χ0n) is 11.2. The van der Waals surface area contributed by atoms with Crippen LogP contribution >= 0.6 is 11.3 Å². The molecule has 2 N–H and O–H groups in total. The van der Waals surface area contributed by atoms with Gasteiger partial charge in [0.2, 0.25) is 5.13 Å². The topological polar surface area (TPSA) is 66.9 Å². The van der Waals surface area contributed by atoms with Gasteiger partial charge in [-0.1, -0.05) is 29.5 Å². The molecule has 2 aromatic rings. The highest BCUT2D eigenvalue weighted by Crippen LogP contribution is 2.28. The molecule has 0 saturated carbocycles. The number of amides is 1. The van der Waals surface area contributed by atoms with Crippen LogP contribution in [0.5, 0.6) is 0 Å². The van der Waals surface area contributed by atoms with Crippen LogP contribution in [-0.2, 0) is 0 Å². The molecular formula is C14H16N4OS. The Morgan fingerprint density at radius 1 is 1.40 bits per heavy atom. The van der Waals surface area contributed by atoms with Gasteiger partial charge < -0.3 is 5.32 Å². The maximum Gasteiger partial charge on any atom is 0.257 e. The molecule has 104 valence electrons. The Labute approximate surface area is 121 Å². The zero-order chi connectivity index (χ0) is 13.9. The van der Waals surface area contributed by atoms with Crippen LogP contribution in [0.15, 0.2) is 24.3 Å². The van der Waals surface area contributed by atoms with E-state index in [0.29, 0.717) is 10.7 Å². The van der Waals surface area contributed by atoms with E-state index in [1.807, 2.05) is 31.2 Å². The molecule has 1 aromatic carbocycles. The van der Waals surface area contributed by atoms with Gasteiger partial charge in [0.1, 0.15) is 5.01 Å².